The molecule has 31 heavy (non-hydrogen) atoms. The molecule has 2 aromatic carbocycles. The van der Waals surface area contributed by atoms with E-state index in [1.54, 1.807) is 25.3 Å². The van der Waals surface area contributed by atoms with E-state index in [9.17, 15) is 4.79 Å². The van der Waals surface area contributed by atoms with E-state index in [0.29, 0.717) is 17.1 Å². The number of nitrogens with one attached hydrogen (secondary N) is 3. The summed E-state index contributed by atoms with van der Waals surface area (Å²) in [5, 5.41) is 3.17. The van der Waals surface area contributed by atoms with Crippen molar-refractivity contribution >= 4 is 5.91 Å². The van der Waals surface area contributed by atoms with E-state index < -0.39 is 0 Å². The quantitative estimate of drug-likeness (QED) is 0.679. The number of hydrazine groups is 1. The van der Waals surface area contributed by atoms with Crippen LogP contribution in [0, 0.1) is 0 Å². The maximum Gasteiger partial charge on any atom is 0.251 e. The lowest BCUT2D eigenvalue weighted by molar-refractivity contribution is 0.0879. The number of fused-ring (bicyclic) bond motifs is 1. The van der Waals surface area contributed by atoms with Gasteiger partial charge in [0.05, 0.1) is 13.3 Å². The van der Waals surface area contributed by atoms with Crippen LogP contribution in [-0.4, -0.2) is 50.0 Å². The molecule has 2 saturated heterocycles. The van der Waals surface area contributed by atoms with Crippen molar-refractivity contribution in [3.63, 3.8) is 0 Å². The highest BCUT2D eigenvalue weighted by atomic mass is 16.7. The maximum atomic E-state index is 12.6. The van der Waals surface area contributed by atoms with E-state index in [2.05, 4.69) is 33.2 Å². The van der Waals surface area contributed by atoms with Crippen molar-refractivity contribution in [1.29, 1.82) is 0 Å². The fraction of sp³-hybridized carbons (Fsp3) is 0.435. The van der Waals surface area contributed by atoms with Crippen molar-refractivity contribution in [1.82, 2.24) is 21.1 Å². The first kappa shape index (κ1) is 20.1. The molecule has 3 heterocycles. The Morgan fingerprint density at radius 3 is 2.61 bits per heavy atom. The smallest absolute Gasteiger partial charge is 0.251 e. The van der Waals surface area contributed by atoms with Crippen LogP contribution in [0.3, 0.4) is 0 Å². The van der Waals surface area contributed by atoms with Gasteiger partial charge in [-0.3, -0.25) is 9.69 Å². The molecule has 3 aliphatic heterocycles. The molecule has 0 aliphatic carbocycles. The average molecular weight is 425 g/mol. The summed E-state index contributed by atoms with van der Waals surface area (Å²) in [7, 11) is 1.68. The van der Waals surface area contributed by atoms with Crippen molar-refractivity contribution in [3.8, 4) is 17.2 Å². The number of carbonyl (C=O) groups is 1. The minimum absolute atomic E-state index is 0.0584. The van der Waals surface area contributed by atoms with Crippen LogP contribution in [0.2, 0.25) is 0 Å². The lowest BCUT2D eigenvalue weighted by Gasteiger charge is -2.35. The summed E-state index contributed by atoms with van der Waals surface area (Å²) in [6.45, 7) is 2.10. The number of carbonyl (C=O) groups excluding carboxylic acids is 1. The van der Waals surface area contributed by atoms with Crippen LogP contribution < -0.4 is 30.4 Å². The summed E-state index contributed by atoms with van der Waals surface area (Å²) >= 11 is 0. The van der Waals surface area contributed by atoms with Crippen molar-refractivity contribution in [2.24, 2.45) is 0 Å². The Balaban J connectivity index is 1.11. The summed E-state index contributed by atoms with van der Waals surface area (Å²) in [5.41, 5.74) is 8.72. The van der Waals surface area contributed by atoms with Gasteiger partial charge in [-0.2, -0.15) is 0 Å². The van der Waals surface area contributed by atoms with Crippen LogP contribution in [0.4, 0.5) is 0 Å². The maximum absolute atomic E-state index is 12.6. The van der Waals surface area contributed by atoms with Gasteiger partial charge in [-0.1, -0.05) is 12.1 Å². The van der Waals surface area contributed by atoms with Gasteiger partial charge in [0.2, 0.25) is 6.79 Å². The van der Waals surface area contributed by atoms with Gasteiger partial charge in [0.25, 0.3) is 5.91 Å². The second-order valence-electron chi connectivity index (χ2n) is 8.22. The van der Waals surface area contributed by atoms with Crippen LogP contribution in [0.15, 0.2) is 42.5 Å². The molecule has 2 unspecified atom stereocenters. The number of piperidine rings is 1. The molecule has 8 nitrogen and oxygen atoms in total. The number of methoxy groups -OCH3 is 1. The van der Waals surface area contributed by atoms with E-state index in [4.69, 9.17) is 14.2 Å². The molecule has 2 fully saturated rings. The van der Waals surface area contributed by atoms with Crippen molar-refractivity contribution < 1.29 is 19.0 Å². The van der Waals surface area contributed by atoms with Gasteiger partial charge in [-0.15, -0.1) is 0 Å². The first-order valence-corrected chi connectivity index (χ1v) is 10.8. The fourth-order valence-electron chi connectivity index (χ4n) is 4.50. The minimum atomic E-state index is -0.0584. The van der Waals surface area contributed by atoms with Crippen LogP contribution in [0.1, 0.15) is 41.2 Å². The lowest BCUT2D eigenvalue weighted by Crippen LogP contribution is -2.51. The summed E-state index contributed by atoms with van der Waals surface area (Å²) in [6.07, 6.45) is 3.15. The first-order chi connectivity index (χ1) is 15.2. The molecule has 0 radical (unpaired) electrons. The Morgan fingerprint density at radius 1 is 1.06 bits per heavy atom. The number of nitrogens with zero attached hydrogens (tertiary/aromatic N) is 1. The summed E-state index contributed by atoms with van der Waals surface area (Å²) in [4.78, 5) is 15.1. The topological polar surface area (TPSA) is 84.1 Å². The second kappa shape index (κ2) is 8.74. The predicted octanol–water partition coefficient (Wildman–Crippen LogP) is 2.18. The molecule has 2 atom stereocenters. The van der Waals surface area contributed by atoms with Gasteiger partial charge in [-0.25, -0.2) is 10.9 Å². The first-order valence-electron chi connectivity index (χ1n) is 10.8. The van der Waals surface area contributed by atoms with Gasteiger partial charge >= 0.3 is 0 Å². The molecular weight excluding hydrogens is 396 g/mol. The number of ether oxygens (including phenoxy) is 3. The van der Waals surface area contributed by atoms with Crippen LogP contribution in [-0.2, 0) is 0 Å². The average Bonchev–Trinajstić information content (AvgIpc) is 3.49. The summed E-state index contributed by atoms with van der Waals surface area (Å²) in [5.74, 6) is 2.14. The van der Waals surface area contributed by atoms with Crippen LogP contribution in [0.5, 0.6) is 17.2 Å². The molecule has 0 bridgehead atoms. The summed E-state index contributed by atoms with van der Waals surface area (Å²) in [6, 6.07) is 14.0. The highest BCUT2D eigenvalue weighted by Gasteiger charge is 2.32. The fourth-order valence-corrected chi connectivity index (χ4v) is 4.50. The highest BCUT2D eigenvalue weighted by Crippen LogP contribution is 2.32. The third-order valence-electron chi connectivity index (χ3n) is 6.34. The van der Waals surface area contributed by atoms with Crippen molar-refractivity contribution in [3.05, 3.63) is 53.6 Å². The number of amides is 1. The zero-order valence-corrected chi connectivity index (χ0v) is 17.6. The standard InChI is InChI=1S/C23H28N4O4/c1-29-18-5-2-15(3-6-18)19-13-22(26-25-19)27-10-8-17(9-11-27)24-23(28)16-4-7-20-21(12-16)31-14-30-20/h2-7,12,17,19,22,25-26H,8-11,13-14H2,1H3,(H,24,28). The Bertz CT molecular complexity index is 928. The van der Waals surface area contributed by atoms with Gasteiger partial charge < -0.3 is 19.5 Å². The molecule has 5 rings (SSSR count). The lowest BCUT2D eigenvalue weighted by atomic mass is 10.0. The van der Waals surface area contributed by atoms with Crippen molar-refractivity contribution in [2.45, 2.75) is 37.5 Å². The number of rotatable bonds is 5. The minimum Gasteiger partial charge on any atom is -0.497 e. The molecule has 0 saturated carbocycles. The highest BCUT2D eigenvalue weighted by molar-refractivity contribution is 5.95. The monoisotopic (exact) mass is 424 g/mol. The largest absolute Gasteiger partial charge is 0.497 e. The molecular formula is C23H28N4O4. The molecule has 0 aromatic heterocycles. The van der Waals surface area contributed by atoms with E-state index in [-0.39, 0.29) is 30.9 Å². The van der Waals surface area contributed by atoms with Crippen LogP contribution in [0.25, 0.3) is 0 Å². The van der Waals surface area contributed by atoms with Gasteiger partial charge in [0.15, 0.2) is 11.5 Å². The number of likely N-dealkylation sites (tertiary alicyclic amines) is 1. The Labute approximate surface area is 181 Å². The van der Waals surface area contributed by atoms with Gasteiger partial charge in [-0.05, 0) is 55.2 Å². The van der Waals surface area contributed by atoms with E-state index in [1.165, 1.54) is 5.56 Å². The Hall–Kier alpha value is -2.81. The van der Waals surface area contributed by atoms with E-state index >= 15 is 0 Å². The third-order valence-corrected chi connectivity index (χ3v) is 6.34. The molecule has 3 aliphatic rings. The number of hydrogen-bond acceptors (Lipinski definition) is 7. The molecule has 0 spiro atoms. The molecule has 1 amide bonds. The number of hydrogen-bond donors (Lipinski definition) is 3. The number of benzene rings is 2. The normalized spacial score (nSPS) is 23.6. The van der Waals surface area contributed by atoms with Gasteiger partial charge in [0.1, 0.15) is 5.75 Å². The predicted molar refractivity (Wildman–Crippen MR) is 115 cm³/mol. The van der Waals surface area contributed by atoms with Crippen LogP contribution >= 0.6 is 0 Å². The Morgan fingerprint density at radius 2 is 1.84 bits per heavy atom. The Kier molecular flexibility index (Phi) is 5.67. The SMILES string of the molecule is COc1ccc(C2CC(N3CCC(NC(=O)c4ccc5c(c4)OCO5)CC3)NN2)cc1. The molecule has 164 valence electrons. The second-order valence-corrected chi connectivity index (χ2v) is 8.22. The zero-order chi connectivity index (χ0) is 21.2. The molecule has 8 heteroatoms. The molecule has 3 N–H and O–H groups in total. The van der Waals surface area contributed by atoms with E-state index in [1.807, 2.05) is 12.1 Å². The van der Waals surface area contributed by atoms with Gasteiger partial charge in [0, 0.05) is 30.7 Å². The van der Waals surface area contributed by atoms with Crippen molar-refractivity contribution in [2.75, 3.05) is 27.0 Å². The van der Waals surface area contributed by atoms with E-state index in [0.717, 1.165) is 38.1 Å². The zero-order valence-electron chi connectivity index (χ0n) is 17.6. The molecule has 2 aromatic rings. The third kappa shape index (κ3) is 4.32. The summed E-state index contributed by atoms with van der Waals surface area (Å²) < 4.78 is 15.9.